The molecule has 2 saturated heterocycles. The largest absolute Gasteiger partial charge is 0.487 e. The first-order chi connectivity index (χ1) is 24.1. The average Bonchev–Trinajstić information content (AvgIpc) is 3.55. The van der Waals surface area contributed by atoms with Crippen molar-refractivity contribution in [3.05, 3.63) is 66.8 Å². The van der Waals surface area contributed by atoms with Gasteiger partial charge in [0.05, 0.1) is 11.5 Å². The fraction of sp³-hybridized carbons (Fsp3) is 0.528. The Morgan fingerprint density at radius 3 is 1.86 bits per heavy atom. The van der Waals surface area contributed by atoms with Gasteiger partial charge in [0, 0.05) is 45.7 Å². The molecule has 276 valence electrons. The minimum absolute atomic E-state index is 0.0161. The predicted octanol–water partition coefficient (Wildman–Crippen LogP) is 2.55. The summed E-state index contributed by atoms with van der Waals surface area (Å²) in [5.41, 5.74) is 0.849. The average molecular weight is 715 g/mol. The fourth-order valence-electron chi connectivity index (χ4n) is 5.98. The van der Waals surface area contributed by atoms with Crippen molar-refractivity contribution in [2.75, 3.05) is 19.8 Å². The van der Waals surface area contributed by atoms with Crippen LogP contribution in [0.2, 0.25) is 0 Å². The molecule has 2 aliphatic rings. The third-order valence-corrected chi connectivity index (χ3v) is 8.44. The number of nitrogens with zero attached hydrogens (tertiary/aromatic N) is 2. The molecule has 0 radical (unpaired) electrons. The van der Waals surface area contributed by atoms with E-state index in [1.807, 2.05) is 13.8 Å². The highest BCUT2D eigenvalue weighted by atomic mass is 16.6. The van der Waals surface area contributed by atoms with Crippen molar-refractivity contribution in [2.24, 2.45) is 11.8 Å². The molecule has 0 bridgehead atoms. The number of esters is 5. The number of ether oxygens (including phenoxy) is 8. The standard InChI is InChI=1S/C36H46N2O13/c1-20(47-23(4)28-11-9-14-38(15-28)35-33(49-27(8)42)21(2)30(50-35)18-44-24(5)39)17-46-36(43)29-12-10-13-37(16-29)34-22(3)32(48-26(7)41)31(51-34)19-45-25(6)40/h9-16,20-22,30-35H,4,17-19H2,1-3,5-8H3/q+2/t20?,21-,22-,30-,31-,32+,33-,34-,35-/m1/s1. The van der Waals surface area contributed by atoms with Crippen molar-refractivity contribution in [3.8, 4) is 0 Å². The maximum atomic E-state index is 13.1. The zero-order chi connectivity index (χ0) is 37.4. The lowest BCUT2D eigenvalue weighted by Crippen LogP contribution is -2.46. The van der Waals surface area contributed by atoms with E-state index in [1.54, 1.807) is 65.1 Å². The van der Waals surface area contributed by atoms with Gasteiger partial charge in [-0.05, 0) is 26.0 Å². The van der Waals surface area contributed by atoms with E-state index >= 15 is 0 Å². The van der Waals surface area contributed by atoms with Crippen molar-refractivity contribution in [1.82, 2.24) is 0 Å². The van der Waals surface area contributed by atoms with Gasteiger partial charge in [0.25, 0.3) is 6.23 Å². The SMILES string of the molecule is C=C(OC(C)COC(=O)c1ccc[n+]([C@@H]2O[C@H](COC(C)=O)[C@@H](OC(C)=O)[C@H]2C)c1)c1ccc[n+]([C@@H]2O[C@H](COC(C)=O)[C@@H](C)[C@H]2OC(C)=O)c1. The van der Waals surface area contributed by atoms with Crippen LogP contribution in [0, 0.1) is 11.8 Å². The molecule has 0 amide bonds. The Hall–Kier alpha value is -4.89. The van der Waals surface area contributed by atoms with Gasteiger partial charge < -0.3 is 37.9 Å². The predicted molar refractivity (Wildman–Crippen MR) is 174 cm³/mol. The molecule has 2 aliphatic heterocycles. The van der Waals surface area contributed by atoms with Crippen LogP contribution < -0.4 is 9.13 Å². The summed E-state index contributed by atoms with van der Waals surface area (Å²) >= 11 is 0. The van der Waals surface area contributed by atoms with Gasteiger partial charge in [-0.2, -0.15) is 9.13 Å². The van der Waals surface area contributed by atoms with E-state index < -0.39 is 72.8 Å². The van der Waals surface area contributed by atoms with E-state index in [1.165, 1.54) is 27.7 Å². The van der Waals surface area contributed by atoms with Gasteiger partial charge in [-0.25, -0.2) is 4.79 Å². The van der Waals surface area contributed by atoms with Crippen LogP contribution in [-0.4, -0.2) is 80.2 Å². The molecule has 2 fully saturated rings. The van der Waals surface area contributed by atoms with Gasteiger partial charge in [-0.3, -0.25) is 19.2 Å². The Morgan fingerprint density at radius 2 is 1.25 bits per heavy atom. The van der Waals surface area contributed by atoms with Crippen LogP contribution in [0.1, 0.15) is 76.8 Å². The van der Waals surface area contributed by atoms with E-state index in [-0.39, 0.29) is 37.2 Å². The molecule has 1 unspecified atom stereocenters. The molecule has 51 heavy (non-hydrogen) atoms. The first-order valence-corrected chi connectivity index (χ1v) is 16.6. The molecule has 0 N–H and O–H groups in total. The smallest absolute Gasteiger partial charge is 0.344 e. The van der Waals surface area contributed by atoms with E-state index in [2.05, 4.69) is 6.58 Å². The quantitative estimate of drug-likeness (QED) is 0.121. The summed E-state index contributed by atoms with van der Waals surface area (Å²) in [5, 5.41) is 0. The molecule has 0 aromatic carbocycles. The van der Waals surface area contributed by atoms with Gasteiger partial charge >= 0.3 is 36.1 Å². The zero-order valence-electron chi connectivity index (χ0n) is 29.8. The molecule has 2 aromatic rings. The summed E-state index contributed by atoms with van der Waals surface area (Å²) in [6, 6.07) is 6.81. The van der Waals surface area contributed by atoms with E-state index in [9.17, 15) is 24.0 Å². The zero-order valence-corrected chi connectivity index (χ0v) is 29.8. The molecule has 2 aromatic heterocycles. The molecule has 4 heterocycles. The number of aromatic nitrogens is 2. The van der Waals surface area contributed by atoms with Crippen LogP contribution in [0.3, 0.4) is 0 Å². The van der Waals surface area contributed by atoms with Crippen LogP contribution >= 0.6 is 0 Å². The highest BCUT2D eigenvalue weighted by Gasteiger charge is 2.51. The van der Waals surface area contributed by atoms with Crippen molar-refractivity contribution in [1.29, 1.82) is 0 Å². The molecule has 4 rings (SSSR count). The Kier molecular flexibility index (Phi) is 13.2. The number of carbonyl (C=O) groups excluding carboxylic acids is 5. The third-order valence-electron chi connectivity index (χ3n) is 8.44. The summed E-state index contributed by atoms with van der Waals surface area (Å²) < 4.78 is 48.6. The van der Waals surface area contributed by atoms with Crippen molar-refractivity contribution < 1.29 is 71.0 Å². The summed E-state index contributed by atoms with van der Waals surface area (Å²) in [4.78, 5) is 59.5. The molecular formula is C36H46N2O13+2. The van der Waals surface area contributed by atoms with Gasteiger partial charge in [-0.15, -0.1) is 0 Å². The van der Waals surface area contributed by atoms with Crippen LogP contribution in [0.25, 0.3) is 5.76 Å². The minimum atomic E-state index is -0.700. The molecule has 0 spiro atoms. The topological polar surface area (TPSA) is 167 Å². The first kappa shape index (κ1) is 38.9. The molecule has 0 aliphatic carbocycles. The first-order valence-electron chi connectivity index (χ1n) is 16.6. The molecular weight excluding hydrogens is 668 g/mol. The Balaban J connectivity index is 1.37. The van der Waals surface area contributed by atoms with Gasteiger partial charge in [0.15, 0.2) is 30.9 Å². The third kappa shape index (κ3) is 10.3. The lowest BCUT2D eigenvalue weighted by molar-refractivity contribution is -0.765. The maximum Gasteiger partial charge on any atom is 0.344 e. The van der Waals surface area contributed by atoms with E-state index in [0.717, 1.165) is 0 Å². The fourth-order valence-corrected chi connectivity index (χ4v) is 5.98. The lowest BCUT2D eigenvalue weighted by atomic mass is 10.0. The summed E-state index contributed by atoms with van der Waals surface area (Å²) in [5.74, 6) is -2.79. The monoisotopic (exact) mass is 714 g/mol. The Labute approximate surface area is 296 Å². The van der Waals surface area contributed by atoms with Gasteiger partial charge in [-0.1, -0.05) is 13.5 Å². The molecule has 9 atom stereocenters. The van der Waals surface area contributed by atoms with Crippen LogP contribution in [0.4, 0.5) is 0 Å². The number of carbonyl (C=O) groups is 5. The van der Waals surface area contributed by atoms with E-state index in [0.29, 0.717) is 11.3 Å². The van der Waals surface area contributed by atoms with Crippen molar-refractivity contribution in [2.45, 2.75) is 91.4 Å². The maximum absolute atomic E-state index is 13.1. The molecule has 15 heteroatoms. The number of rotatable bonds is 14. The van der Waals surface area contributed by atoms with Crippen LogP contribution in [-0.2, 0) is 57.1 Å². The van der Waals surface area contributed by atoms with E-state index in [4.69, 9.17) is 37.9 Å². The van der Waals surface area contributed by atoms with Crippen LogP contribution in [0.15, 0.2) is 55.6 Å². The summed E-state index contributed by atoms with van der Waals surface area (Å²) in [7, 11) is 0. The second-order valence-electron chi connectivity index (χ2n) is 12.6. The minimum Gasteiger partial charge on any atom is -0.487 e. The van der Waals surface area contributed by atoms with Gasteiger partial charge in [0.1, 0.15) is 55.6 Å². The molecule has 0 saturated carbocycles. The lowest BCUT2D eigenvalue weighted by Gasteiger charge is -2.19. The summed E-state index contributed by atoms with van der Waals surface area (Å²) in [6.07, 6.45) is 2.36. The molecule has 15 nitrogen and oxygen atoms in total. The highest BCUT2D eigenvalue weighted by molar-refractivity contribution is 5.88. The normalized spacial score (nSPS) is 26.0. The van der Waals surface area contributed by atoms with Crippen molar-refractivity contribution >= 4 is 35.6 Å². The summed E-state index contributed by atoms with van der Waals surface area (Å²) in [6.45, 7) is 14.5. The van der Waals surface area contributed by atoms with Crippen molar-refractivity contribution in [3.63, 3.8) is 0 Å². The number of hydrogen-bond acceptors (Lipinski definition) is 13. The number of pyridine rings is 2. The second kappa shape index (κ2) is 17.4. The second-order valence-corrected chi connectivity index (χ2v) is 12.6. The Bertz CT molecular complexity index is 1610. The highest BCUT2D eigenvalue weighted by Crippen LogP contribution is 2.35. The number of hydrogen-bond donors (Lipinski definition) is 0. The van der Waals surface area contributed by atoms with Crippen LogP contribution in [0.5, 0.6) is 0 Å². The van der Waals surface area contributed by atoms with Gasteiger partial charge in [0.2, 0.25) is 0 Å². The Morgan fingerprint density at radius 1 is 0.725 bits per heavy atom.